The standard InChI is InChI=1S/C12H19NO2S/c1-4-11(9-13-3)16(14,15)12-7-5-10(2)6-8-12/h5-8,11,13H,4,9H2,1-3H3. The smallest absolute Gasteiger partial charge is 0.182 e. The number of hydrogen-bond donors (Lipinski definition) is 1. The van der Waals surface area contributed by atoms with Crippen molar-refractivity contribution in [1.82, 2.24) is 5.32 Å². The van der Waals surface area contributed by atoms with E-state index in [1.165, 1.54) is 0 Å². The molecule has 0 saturated heterocycles. The molecular formula is C12H19NO2S. The molecule has 1 aromatic rings. The maximum atomic E-state index is 12.2. The van der Waals surface area contributed by atoms with Crippen LogP contribution in [0.5, 0.6) is 0 Å². The van der Waals surface area contributed by atoms with Crippen LogP contribution in [-0.2, 0) is 9.84 Å². The topological polar surface area (TPSA) is 46.2 Å². The highest BCUT2D eigenvalue weighted by molar-refractivity contribution is 7.92. The quantitative estimate of drug-likeness (QED) is 0.854. The fraction of sp³-hybridized carbons (Fsp3) is 0.500. The van der Waals surface area contributed by atoms with Crippen molar-refractivity contribution in [2.75, 3.05) is 13.6 Å². The van der Waals surface area contributed by atoms with Crippen molar-refractivity contribution in [3.8, 4) is 0 Å². The molecule has 0 aliphatic carbocycles. The number of nitrogens with one attached hydrogen (secondary N) is 1. The van der Waals surface area contributed by atoms with Gasteiger partial charge in [-0.1, -0.05) is 24.6 Å². The average molecular weight is 241 g/mol. The van der Waals surface area contributed by atoms with E-state index in [4.69, 9.17) is 0 Å². The van der Waals surface area contributed by atoms with Crippen molar-refractivity contribution in [3.05, 3.63) is 29.8 Å². The van der Waals surface area contributed by atoms with E-state index in [1.807, 2.05) is 26.0 Å². The van der Waals surface area contributed by atoms with Crippen LogP contribution in [0.15, 0.2) is 29.2 Å². The Balaban J connectivity index is 3.04. The molecule has 0 aromatic heterocycles. The number of aryl methyl sites for hydroxylation is 1. The summed E-state index contributed by atoms with van der Waals surface area (Å²) in [4.78, 5) is 0.417. The van der Waals surface area contributed by atoms with Crippen LogP contribution in [0.3, 0.4) is 0 Å². The number of rotatable bonds is 5. The van der Waals surface area contributed by atoms with E-state index < -0.39 is 9.84 Å². The Morgan fingerprint density at radius 1 is 1.25 bits per heavy atom. The highest BCUT2D eigenvalue weighted by Crippen LogP contribution is 2.18. The normalized spacial score (nSPS) is 13.7. The molecule has 0 bridgehead atoms. The van der Waals surface area contributed by atoms with Crippen molar-refractivity contribution in [1.29, 1.82) is 0 Å². The molecule has 90 valence electrons. The molecule has 0 spiro atoms. The lowest BCUT2D eigenvalue weighted by Gasteiger charge is -2.15. The number of benzene rings is 1. The first kappa shape index (κ1) is 13.2. The van der Waals surface area contributed by atoms with Crippen LogP contribution in [-0.4, -0.2) is 27.3 Å². The molecule has 1 atom stereocenters. The molecule has 0 radical (unpaired) electrons. The maximum Gasteiger partial charge on any atom is 0.182 e. The van der Waals surface area contributed by atoms with E-state index in [0.717, 1.165) is 5.56 Å². The lowest BCUT2D eigenvalue weighted by Crippen LogP contribution is -2.31. The summed E-state index contributed by atoms with van der Waals surface area (Å²) < 4.78 is 24.4. The fourth-order valence-corrected chi connectivity index (χ4v) is 3.35. The van der Waals surface area contributed by atoms with Gasteiger partial charge in [0.2, 0.25) is 0 Å². The molecule has 1 rings (SSSR count). The summed E-state index contributed by atoms with van der Waals surface area (Å²) in [6, 6.07) is 7.03. The van der Waals surface area contributed by atoms with Gasteiger partial charge in [0, 0.05) is 6.54 Å². The number of hydrogen-bond acceptors (Lipinski definition) is 3. The first-order valence-corrected chi connectivity index (χ1v) is 7.02. The van der Waals surface area contributed by atoms with Gasteiger partial charge in [0.25, 0.3) is 0 Å². The Hall–Kier alpha value is -0.870. The second-order valence-electron chi connectivity index (χ2n) is 3.95. The first-order valence-electron chi connectivity index (χ1n) is 5.47. The molecule has 0 saturated carbocycles. The van der Waals surface area contributed by atoms with Gasteiger partial charge in [-0.15, -0.1) is 0 Å². The van der Waals surface area contributed by atoms with Crippen molar-refractivity contribution in [2.24, 2.45) is 0 Å². The molecule has 0 heterocycles. The molecule has 0 fully saturated rings. The van der Waals surface area contributed by atoms with Gasteiger partial charge in [-0.2, -0.15) is 0 Å². The van der Waals surface area contributed by atoms with E-state index >= 15 is 0 Å². The van der Waals surface area contributed by atoms with Gasteiger partial charge in [-0.25, -0.2) is 8.42 Å². The molecule has 4 heteroatoms. The van der Waals surface area contributed by atoms with Crippen molar-refractivity contribution in [2.45, 2.75) is 30.4 Å². The van der Waals surface area contributed by atoms with Crippen molar-refractivity contribution in [3.63, 3.8) is 0 Å². The third-order valence-electron chi connectivity index (χ3n) is 2.68. The van der Waals surface area contributed by atoms with Gasteiger partial charge >= 0.3 is 0 Å². The Morgan fingerprint density at radius 3 is 2.25 bits per heavy atom. The predicted molar refractivity (Wildman–Crippen MR) is 66.4 cm³/mol. The monoisotopic (exact) mass is 241 g/mol. The van der Waals surface area contributed by atoms with E-state index in [-0.39, 0.29) is 5.25 Å². The summed E-state index contributed by atoms with van der Waals surface area (Å²) in [6.45, 7) is 4.34. The van der Waals surface area contributed by atoms with Crippen LogP contribution >= 0.6 is 0 Å². The third kappa shape index (κ3) is 2.83. The van der Waals surface area contributed by atoms with Gasteiger partial charge in [0.05, 0.1) is 10.1 Å². The Bertz CT molecular complexity index is 423. The fourth-order valence-electron chi connectivity index (χ4n) is 1.62. The summed E-state index contributed by atoms with van der Waals surface area (Å²) >= 11 is 0. The van der Waals surface area contributed by atoms with Crippen LogP contribution in [0.4, 0.5) is 0 Å². The van der Waals surface area contributed by atoms with Crippen LogP contribution < -0.4 is 5.32 Å². The zero-order valence-electron chi connectivity index (χ0n) is 10.0. The summed E-state index contributed by atoms with van der Waals surface area (Å²) in [5, 5.41) is 2.58. The van der Waals surface area contributed by atoms with E-state index in [9.17, 15) is 8.42 Å². The van der Waals surface area contributed by atoms with E-state index in [0.29, 0.717) is 17.9 Å². The summed E-state index contributed by atoms with van der Waals surface area (Å²) in [6.07, 6.45) is 0.622. The largest absolute Gasteiger partial charge is 0.318 e. The molecule has 1 N–H and O–H groups in total. The maximum absolute atomic E-state index is 12.2. The first-order chi connectivity index (χ1) is 7.52. The zero-order chi connectivity index (χ0) is 12.2. The van der Waals surface area contributed by atoms with Crippen LogP contribution in [0.2, 0.25) is 0 Å². The summed E-state index contributed by atoms with van der Waals surface area (Å²) in [5.74, 6) is 0. The van der Waals surface area contributed by atoms with Crippen LogP contribution in [0.25, 0.3) is 0 Å². The second-order valence-corrected chi connectivity index (χ2v) is 6.17. The summed E-state index contributed by atoms with van der Waals surface area (Å²) in [7, 11) is -1.42. The van der Waals surface area contributed by atoms with Crippen LogP contribution in [0.1, 0.15) is 18.9 Å². The van der Waals surface area contributed by atoms with Crippen LogP contribution in [0, 0.1) is 6.92 Å². The van der Waals surface area contributed by atoms with Gasteiger partial charge in [0.15, 0.2) is 9.84 Å². The SMILES string of the molecule is CCC(CNC)S(=O)(=O)c1ccc(C)cc1. The average Bonchev–Trinajstić information content (AvgIpc) is 2.26. The molecule has 0 amide bonds. The molecular weight excluding hydrogens is 222 g/mol. The highest BCUT2D eigenvalue weighted by Gasteiger charge is 2.24. The Labute approximate surface area is 97.8 Å². The zero-order valence-corrected chi connectivity index (χ0v) is 10.8. The third-order valence-corrected chi connectivity index (χ3v) is 4.98. The van der Waals surface area contributed by atoms with Gasteiger partial charge in [0.1, 0.15) is 0 Å². The van der Waals surface area contributed by atoms with Gasteiger partial charge in [-0.05, 0) is 32.5 Å². The molecule has 0 aliphatic rings. The molecule has 1 aromatic carbocycles. The van der Waals surface area contributed by atoms with Crippen molar-refractivity contribution < 1.29 is 8.42 Å². The van der Waals surface area contributed by atoms with E-state index in [2.05, 4.69) is 5.32 Å². The van der Waals surface area contributed by atoms with Gasteiger partial charge in [-0.3, -0.25) is 0 Å². The lowest BCUT2D eigenvalue weighted by atomic mass is 10.2. The lowest BCUT2D eigenvalue weighted by molar-refractivity contribution is 0.568. The molecule has 1 unspecified atom stereocenters. The minimum Gasteiger partial charge on any atom is -0.318 e. The molecule has 0 aliphatic heterocycles. The molecule has 16 heavy (non-hydrogen) atoms. The Kier molecular flexibility index (Phi) is 4.50. The van der Waals surface area contributed by atoms with E-state index in [1.54, 1.807) is 19.2 Å². The predicted octanol–water partition coefficient (Wildman–Crippen LogP) is 1.77. The molecule has 3 nitrogen and oxygen atoms in total. The van der Waals surface area contributed by atoms with Crippen molar-refractivity contribution >= 4 is 9.84 Å². The minimum atomic E-state index is -3.19. The number of sulfone groups is 1. The van der Waals surface area contributed by atoms with Gasteiger partial charge < -0.3 is 5.32 Å². The summed E-state index contributed by atoms with van der Waals surface area (Å²) in [5.41, 5.74) is 1.07. The highest BCUT2D eigenvalue weighted by atomic mass is 32.2. The Morgan fingerprint density at radius 2 is 1.81 bits per heavy atom. The second kappa shape index (κ2) is 5.46. The minimum absolute atomic E-state index is 0.347.